The third-order valence-electron chi connectivity index (χ3n) is 3.18. The van der Waals surface area contributed by atoms with Gasteiger partial charge in [-0.2, -0.15) is 0 Å². The van der Waals surface area contributed by atoms with E-state index in [0.717, 1.165) is 0 Å². The third kappa shape index (κ3) is 2.93. The molecular formula is C14H10F6N2. The van der Waals surface area contributed by atoms with Crippen LogP contribution in [0.4, 0.5) is 26.3 Å². The third-order valence-corrected chi connectivity index (χ3v) is 3.18. The standard InChI is InChI=1S/C14H10F6N2/c15-7-3-11(19)9(17)1-5(7)13(21)14(22)6-2-10(18)12(20)4-8(6)16/h1-4,13-14H,21-22H2. The molecule has 2 unspecified atom stereocenters. The second kappa shape index (κ2) is 5.98. The van der Waals surface area contributed by atoms with E-state index in [-0.39, 0.29) is 12.1 Å². The molecule has 8 heteroatoms. The van der Waals surface area contributed by atoms with Crippen LogP contribution in [0.1, 0.15) is 23.2 Å². The van der Waals surface area contributed by atoms with Gasteiger partial charge < -0.3 is 11.5 Å². The normalized spacial score (nSPS) is 14.0. The summed E-state index contributed by atoms with van der Waals surface area (Å²) in [5, 5.41) is 0. The lowest BCUT2D eigenvalue weighted by Crippen LogP contribution is -2.28. The Morgan fingerprint density at radius 3 is 1.09 bits per heavy atom. The van der Waals surface area contributed by atoms with Gasteiger partial charge in [0.1, 0.15) is 11.6 Å². The minimum absolute atomic E-state index is 0.263. The highest BCUT2D eigenvalue weighted by Gasteiger charge is 2.25. The summed E-state index contributed by atoms with van der Waals surface area (Å²) in [6.07, 6.45) is 0. The molecule has 2 rings (SSSR count). The van der Waals surface area contributed by atoms with Crippen LogP contribution in [0.2, 0.25) is 0 Å². The van der Waals surface area contributed by atoms with E-state index in [0.29, 0.717) is 12.1 Å². The van der Waals surface area contributed by atoms with Crippen LogP contribution in [-0.4, -0.2) is 0 Å². The highest BCUT2D eigenvalue weighted by molar-refractivity contribution is 5.30. The minimum atomic E-state index is -1.51. The first-order chi connectivity index (χ1) is 10.2. The van der Waals surface area contributed by atoms with Crippen LogP contribution in [-0.2, 0) is 0 Å². The highest BCUT2D eigenvalue weighted by atomic mass is 19.2. The lowest BCUT2D eigenvalue weighted by atomic mass is 9.94. The monoisotopic (exact) mass is 320 g/mol. The first-order valence-electron chi connectivity index (χ1n) is 6.02. The van der Waals surface area contributed by atoms with E-state index in [1.54, 1.807) is 0 Å². The van der Waals surface area contributed by atoms with Gasteiger partial charge in [-0.15, -0.1) is 0 Å². The van der Waals surface area contributed by atoms with E-state index in [9.17, 15) is 26.3 Å². The molecule has 0 aliphatic carbocycles. The molecule has 2 nitrogen and oxygen atoms in total. The molecule has 0 aliphatic rings. The van der Waals surface area contributed by atoms with E-state index in [1.807, 2.05) is 0 Å². The van der Waals surface area contributed by atoms with Crippen LogP contribution in [0.3, 0.4) is 0 Å². The van der Waals surface area contributed by atoms with Gasteiger partial charge in [0.15, 0.2) is 23.3 Å². The Hall–Kier alpha value is -2.06. The van der Waals surface area contributed by atoms with Gasteiger partial charge >= 0.3 is 0 Å². The molecule has 22 heavy (non-hydrogen) atoms. The molecular weight excluding hydrogens is 310 g/mol. The molecule has 0 heterocycles. The van der Waals surface area contributed by atoms with Crippen LogP contribution in [0.15, 0.2) is 24.3 Å². The molecule has 0 aliphatic heterocycles. The van der Waals surface area contributed by atoms with Crippen molar-refractivity contribution < 1.29 is 26.3 Å². The maximum absolute atomic E-state index is 13.6. The number of hydrogen-bond acceptors (Lipinski definition) is 2. The fraction of sp³-hybridized carbons (Fsp3) is 0.143. The maximum Gasteiger partial charge on any atom is 0.161 e. The number of rotatable bonds is 3. The summed E-state index contributed by atoms with van der Waals surface area (Å²) in [4.78, 5) is 0. The summed E-state index contributed by atoms with van der Waals surface area (Å²) in [5.74, 6) is -7.98. The number of nitrogens with two attached hydrogens (primary N) is 2. The molecule has 2 atom stereocenters. The summed E-state index contributed by atoms with van der Waals surface area (Å²) in [6, 6.07) is -1.53. The van der Waals surface area contributed by atoms with Crippen LogP contribution in [0, 0.1) is 34.9 Å². The van der Waals surface area contributed by atoms with Crippen molar-refractivity contribution in [1.29, 1.82) is 0 Å². The number of benzene rings is 2. The first kappa shape index (κ1) is 16.3. The first-order valence-corrected chi connectivity index (χ1v) is 6.02. The fourth-order valence-corrected chi connectivity index (χ4v) is 1.97. The Morgan fingerprint density at radius 1 is 0.500 bits per heavy atom. The Balaban J connectivity index is 2.43. The second-order valence-corrected chi connectivity index (χ2v) is 4.63. The largest absolute Gasteiger partial charge is 0.322 e. The zero-order valence-corrected chi connectivity index (χ0v) is 10.9. The summed E-state index contributed by atoms with van der Waals surface area (Å²) in [5.41, 5.74) is 10.2. The lowest BCUT2D eigenvalue weighted by Gasteiger charge is -2.22. The summed E-state index contributed by atoms with van der Waals surface area (Å²) in [6.45, 7) is 0. The topological polar surface area (TPSA) is 52.0 Å². The summed E-state index contributed by atoms with van der Waals surface area (Å²) in [7, 11) is 0. The van der Waals surface area contributed by atoms with Gasteiger partial charge in [0.25, 0.3) is 0 Å². The predicted molar refractivity (Wildman–Crippen MR) is 66.5 cm³/mol. The Bertz CT molecular complexity index is 657. The Labute approximate surface area is 121 Å². The number of hydrogen-bond donors (Lipinski definition) is 2. The average molecular weight is 320 g/mol. The maximum atomic E-state index is 13.6. The molecule has 2 aromatic carbocycles. The van der Waals surface area contributed by atoms with Gasteiger partial charge in [-0.3, -0.25) is 0 Å². The lowest BCUT2D eigenvalue weighted by molar-refractivity contribution is 0.457. The molecule has 118 valence electrons. The van der Waals surface area contributed by atoms with Gasteiger partial charge in [0.2, 0.25) is 0 Å². The fourth-order valence-electron chi connectivity index (χ4n) is 1.97. The van der Waals surface area contributed by atoms with Gasteiger partial charge in [-0.05, 0) is 12.1 Å². The second-order valence-electron chi connectivity index (χ2n) is 4.63. The molecule has 4 N–H and O–H groups in total. The van der Waals surface area contributed by atoms with Crippen molar-refractivity contribution in [2.45, 2.75) is 12.1 Å². The van der Waals surface area contributed by atoms with Crippen LogP contribution in [0.5, 0.6) is 0 Å². The summed E-state index contributed by atoms with van der Waals surface area (Å²) < 4.78 is 79.3. The average Bonchev–Trinajstić information content (AvgIpc) is 2.45. The zero-order chi connectivity index (χ0) is 16.6. The molecule has 0 bridgehead atoms. The van der Waals surface area contributed by atoms with Crippen molar-refractivity contribution in [1.82, 2.24) is 0 Å². The number of halogens is 6. The van der Waals surface area contributed by atoms with Crippen molar-refractivity contribution in [2.24, 2.45) is 11.5 Å². The van der Waals surface area contributed by atoms with Crippen LogP contribution in [0.25, 0.3) is 0 Å². The van der Waals surface area contributed by atoms with Gasteiger partial charge in [0, 0.05) is 23.3 Å². The molecule has 0 aromatic heterocycles. The van der Waals surface area contributed by atoms with E-state index >= 15 is 0 Å². The zero-order valence-electron chi connectivity index (χ0n) is 10.9. The molecule has 0 saturated carbocycles. The van der Waals surface area contributed by atoms with E-state index in [4.69, 9.17) is 11.5 Å². The molecule has 0 spiro atoms. The van der Waals surface area contributed by atoms with Gasteiger partial charge in [-0.25, -0.2) is 26.3 Å². The Kier molecular flexibility index (Phi) is 4.43. The van der Waals surface area contributed by atoms with E-state index < -0.39 is 58.1 Å². The van der Waals surface area contributed by atoms with E-state index in [2.05, 4.69) is 0 Å². The van der Waals surface area contributed by atoms with Crippen molar-refractivity contribution in [3.63, 3.8) is 0 Å². The van der Waals surface area contributed by atoms with Gasteiger partial charge in [0.05, 0.1) is 12.1 Å². The van der Waals surface area contributed by atoms with E-state index in [1.165, 1.54) is 0 Å². The van der Waals surface area contributed by atoms with Crippen LogP contribution >= 0.6 is 0 Å². The smallest absolute Gasteiger partial charge is 0.161 e. The van der Waals surface area contributed by atoms with Crippen molar-refractivity contribution in [2.75, 3.05) is 0 Å². The quantitative estimate of drug-likeness (QED) is 0.674. The molecule has 0 fully saturated rings. The summed E-state index contributed by atoms with van der Waals surface area (Å²) >= 11 is 0. The molecule has 0 radical (unpaired) electrons. The minimum Gasteiger partial charge on any atom is -0.322 e. The SMILES string of the molecule is NC(c1cc(F)c(F)cc1F)C(N)c1cc(F)c(F)cc1F. The molecule has 2 aromatic rings. The van der Waals surface area contributed by atoms with Crippen molar-refractivity contribution >= 4 is 0 Å². The van der Waals surface area contributed by atoms with Crippen LogP contribution < -0.4 is 11.5 Å². The molecule has 0 amide bonds. The van der Waals surface area contributed by atoms with Crippen molar-refractivity contribution in [3.8, 4) is 0 Å². The highest BCUT2D eigenvalue weighted by Crippen LogP contribution is 2.30. The van der Waals surface area contributed by atoms with Crippen molar-refractivity contribution in [3.05, 3.63) is 70.3 Å². The van der Waals surface area contributed by atoms with Gasteiger partial charge in [-0.1, -0.05) is 0 Å². The molecule has 0 saturated heterocycles. The predicted octanol–water partition coefficient (Wildman–Crippen LogP) is 3.22. The Morgan fingerprint density at radius 2 is 0.773 bits per heavy atom.